The van der Waals surface area contributed by atoms with Gasteiger partial charge in [-0.3, -0.25) is 0 Å². The Morgan fingerprint density at radius 2 is 0.698 bits per heavy atom. The van der Waals surface area contributed by atoms with Crippen molar-refractivity contribution < 1.29 is 0 Å². The molecule has 0 amide bonds. The first kappa shape index (κ1) is 39.2. The van der Waals surface area contributed by atoms with Crippen molar-refractivity contribution in [3.63, 3.8) is 0 Å². The van der Waals surface area contributed by atoms with Crippen LogP contribution in [0.4, 0.5) is 0 Å². The first-order valence-corrected chi connectivity index (χ1v) is 23.6. The highest BCUT2D eigenvalue weighted by Crippen LogP contribution is 2.56. The van der Waals surface area contributed by atoms with Gasteiger partial charge in [-0.15, -0.1) is 0 Å². The Morgan fingerprint density at radius 3 is 1.08 bits per heavy atom. The molecule has 2 nitrogen and oxygen atoms in total. The Hall–Kier alpha value is -6.64. The summed E-state index contributed by atoms with van der Waals surface area (Å²) >= 11 is 0. The maximum Gasteiger partial charge on any atom is 0.0541 e. The molecule has 2 heteroatoms. The van der Waals surface area contributed by atoms with Crippen LogP contribution in [0.1, 0.15) is 89.2 Å². The van der Waals surface area contributed by atoms with E-state index in [1.165, 1.54) is 164 Å². The average Bonchev–Trinajstić information content (AvgIpc) is 3.95. The third-order valence-corrected chi connectivity index (χ3v) is 14.3. The molecule has 0 atom stereocenters. The van der Waals surface area contributed by atoms with E-state index < -0.39 is 0 Å². The highest BCUT2D eigenvalue weighted by molar-refractivity contribution is 6.10. The first-order valence-electron chi connectivity index (χ1n) is 23.6. The van der Waals surface area contributed by atoms with E-state index in [-0.39, 0.29) is 5.41 Å². The maximum absolute atomic E-state index is 2.60. The molecule has 0 spiro atoms. The number of nitrogens with zero attached hydrogens (tertiary/aromatic N) is 2. The van der Waals surface area contributed by atoms with Crippen LogP contribution in [0.25, 0.3) is 88.4 Å². The van der Waals surface area contributed by atoms with Gasteiger partial charge in [-0.1, -0.05) is 187 Å². The summed E-state index contributed by atoms with van der Waals surface area (Å²) in [7, 11) is 0. The quantitative estimate of drug-likeness (QED) is 0.0968. The number of rotatable bonds is 14. The molecule has 11 rings (SSSR count). The normalized spacial score (nSPS) is 13.0. The Balaban J connectivity index is 1.04. The molecule has 0 radical (unpaired) electrons. The number of hydrogen-bond acceptors (Lipinski definition) is 0. The molecule has 2 heterocycles. The summed E-state index contributed by atoms with van der Waals surface area (Å²) in [6.07, 6.45) is 12.4. The van der Waals surface area contributed by atoms with Gasteiger partial charge in [0, 0.05) is 38.3 Å². The summed E-state index contributed by atoms with van der Waals surface area (Å²) in [6, 6.07) is 68.7. The molecular formula is C61H56N2. The molecule has 310 valence electrons. The molecule has 0 aliphatic heterocycles. The van der Waals surface area contributed by atoms with Crippen LogP contribution in [0.5, 0.6) is 0 Å². The second-order valence-corrected chi connectivity index (χ2v) is 18.1. The van der Waals surface area contributed by atoms with Crippen molar-refractivity contribution in [1.29, 1.82) is 0 Å². The lowest BCUT2D eigenvalue weighted by Gasteiger charge is -2.33. The van der Waals surface area contributed by atoms with E-state index in [0.717, 1.165) is 0 Å². The summed E-state index contributed by atoms with van der Waals surface area (Å²) < 4.78 is 4.89. The van der Waals surface area contributed by atoms with E-state index >= 15 is 0 Å². The fourth-order valence-electron chi connectivity index (χ4n) is 11.3. The Bertz CT molecular complexity index is 2960. The number of unbranched alkanes of at least 4 members (excludes halogenated alkanes) is 6. The van der Waals surface area contributed by atoms with Crippen molar-refractivity contribution in [3.8, 4) is 44.8 Å². The fraction of sp³-hybridized carbons (Fsp3) is 0.213. The van der Waals surface area contributed by atoms with E-state index in [9.17, 15) is 0 Å². The molecule has 0 N–H and O–H groups in total. The molecule has 1 aliphatic carbocycles. The Labute approximate surface area is 372 Å². The monoisotopic (exact) mass is 816 g/mol. The lowest BCUT2D eigenvalue weighted by molar-refractivity contribution is 0.401. The van der Waals surface area contributed by atoms with Crippen LogP contribution in [0, 0.1) is 0 Å². The molecule has 0 fully saturated rings. The van der Waals surface area contributed by atoms with Crippen LogP contribution >= 0.6 is 0 Å². The van der Waals surface area contributed by atoms with Crippen LogP contribution in [0.3, 0.4) is 0 Å². The molecule has 63 heavy (non-hydrogen) atoms. The lowest BCUT2D eigenvalue weighted by Crippen LogP contribution is -2.25. The van der Waals surface area contributed by atoms with Gasteiger partial charge >= 0.3 is 0 Å². The smallest absolute Gasteiger partial charge is 0.0541 e. The fourth-order valence-corrected chi connectivity index (χ4v) is 11.3. The van der Waals surface area contributed by atoms with Crippen molar-refractivity contribution in [1.82, 2.24) is 9.13 Å². The van der Waals surface area contributed by atoms with Gasteiger partial charge in [0.1, 0.15) is 0 Å². The molecule has 10 aromatic rings. The molecule has 1 aliphatic rings. The lowest BCUT2D eigenvalue weighted by atomic mass is 9.70. The first-order chi connectivity index (χ1) is 31.2. The van der Waals surface area contributed by atoms with Crippen LogP contribution in [-0.2, 0) is 5.41 Å². The average molecular weight is 817 g/mol. The predicted molar refractivity (Wildman–Crippen MR) is 270 cm³/mol. The van der Waals surface area contributed by atoms with Crippen molar-refractivity contribution in [3.05, 3.63) is 193 Å². The van der Waals surface area contributed by atoms with Gasteiger partial charge in [-0.2, -0.15) is 0 Å². The van der Waals surface area contributed by atoms with Crippen LogP contribution in [0.15, 0.2) is 182 Å². The number of benzene rings is 8. The third-order valence-electron chi connectivity index (χ3n) is 14.3. The summed E-state index contributed by atoms with van der Waals surface area (Å²) in [4.78, 5) is 0. The summed E-state index contributed by atoms with van der Waals surface area (Å²) in [5, 5.41) is 5.18. The molecule has 0 unspecified atom stereocenters. The summed E-state index contributed by atoms with van der Waals surface area (Å²) in [5.41, 5.74) is 18.4. The van der Waals surface area contributed by atoms with E-state index in [1.807, 2.05) is 0 Å². The molecule has 0 bridgehead atoms. The Kier molecular flexibility index (Phi) is 10.3. The number of aromatic nitrogens is 2. The summed E-state index contributed by atoms with van der Waals surface area (Å²) in [5.74, 6) is 0. The molecular weight excluding hydrogens is 761 g/mol. The van der Waals surface area contributed by atoms with Crippen molar-refractivity contribution >= 4 is 43.6 Å². The minimum atomic E-state index is -0.0486. The Morgan fingerprint density at radius 1 is 0.333 bits per heavy atom. The van der Waals surface area contributed by atoms with Gasteiger partial charge in [0.15, 0.2) is 0 Å². The zero-order chi connectivity index (χ0) is 42.3. The summed E-state index contributed by atoms with van der Waals surface area (Å²) in [6.45, 7) is 4.67. The van der Waals surface area contributed by atoms with Gasteiger partial charge in [0.05, 0.1) is 22.1 Å². The van der Waals surface area contributed by atoms with Crippen molar-refractivity contribution in [2.75, 3.05) is 0 Å². The van der Waals surface area contributed by atoms with E-state index in [2.05, 4.69) is 205 Å². The zero-order valence-electron chi connectivity index (χ0n) is 36.8. The number of para-hydroxylation sites is 4. The SMILES string of the molecule is CCCCCCC1(CCCCCC)c2cc(-c3cccc(-n4c5ccccc5c5ccccc54)c3)ccc2-c2ccc(-c3cccc(-n4c5ccccc5c5ccccc54)c3)cc21. The van der Waals surface area contributed by atoms with E-state index in [1.54, 1.807) is 0 Å². The van der Waals surface area contributed by atoms with Gasteiger partial charge in [-0.05, 0) is 118 Å². The van der Waals surface area contributed by atoms with Crippen LogP contribution in [-0.4, -0.2) is 9.13 Å². The number of fused-ring (bicyclic) bond motifs is 9. The van der Waals surface area contributed by atoms with E-state index in [0.29, 0.717) is 0 Å². The van der Waals surface area contributed by atoms with Gasteiger partial charge in [-0.25, -0.2) is 0 Å². The standard InChI is InChI=1S/C61H56N2/c1-3-5-7-17-37-61(38-18-8-6-4-2)55-41-45(43-21-19-23-47(39-43)62-57-29-13-9-25-51(57)52-26-10-14-30-58(52)62)33-35-49(55)50-36-34-46(42-56(50)61)44-22-20-24-48(40-44)63-59-31-15-11-27-53(59)54-28-12-16-32-60(54)63/h9-16,19-36,39-42H,3-8,17-18,37-38H2,1-2H3. The van der Waals surface area contributed by atoms with Crippen molar-refractivity contribution in [2.24, 2.45) is 0 Å². The maximum atomic E-state index is 2.60. The van der Waals surface area contributed by atoms with Crippen LogP contribution < -0.4 is 0 Å². The van der Waals surface area contributed by atoms with Crippen molar-refractivity contribution in [2.45, 2.75) is 83.5 Å². The highest BCUT2D eigenvalue weighted by atomic mass is 15.0. The molecule has 2 aromatic heterocycles. The van der Waals surface area contributed by atoms with Gasteiger partial charge in [0.25, 0.3) is 0 Å². The van der Waals surface area contributed by atoms with E-state index in [4.69, 9.17) is 0 Å². The minimum Gasteiger partial charge on any atom is -0.309 e. The molecule has 0 saturated heterocycles. The molecule has 0 saturated carbocycles. The topological polar surface area (TPSA) is 9.86 Å². The highest BCUT2D eigenvalue weighted by Gasteiger charge is 2.42. The number of hydrogen-bond donors (Lipinski definition) is 0. The second kappa shape index (κ2) is 16.6. The molecule has 8 aromatic carbocycles. The second-order valence-electron chi connectivity index (χ2n) is 18.1. The zero-order valence-corrected chi connectivity index (χ0v) is 36.8. The predicted octanol–water partition coefficient (Wildman–Crippen LogP) is 17.4. The van der Waals surface area contributed by atoms with Crippen LogP contribution in [0.2, 0.25) is 0 Å². The third kappa shape index (κ3) is 6.70. The van der Waals surface area contributed by atoms with Gasteiger partial charge in [0.2, 0.25) is 0 Å². The largest absolute Gasteiger partial charge is 0.309 e. The minimum absolute atomic E-state index is 0.0486. The van der Waals surface area contributed by atoms with Gasteiger partial charge < -0.3 is 9.13 Å².